The predicted molar refractivity (Wildman–Crippen MR) is 167 cm³/mol. The summed E-state index contributed by atoms with van der Waals surface area (Å²) in [6, 6.07) is 12.1. The normalized spacial score (nSPS) is 16.5. The molecule has 2 aliphatic rings. The number of hydrogen-bond acceptors (Lipinski definition) is 10. The first-order valence-electron chi connectivity index (χ1n) is 14.5. The smallest absolute Gasteiger partial charge is 0.255 e. The van der Waals surface area contributed by atoms with Gasteiger partial charge in [0, 0.05) is 49.9 Å². The van der Waals surface area contributed by atoms with Crippen molar-refractivity contribution in [3.05, 3.63) is 76.2 Å². The van der Waals surface area contributed by atoms with Crippen LogP contribution in [0.2, 0.25) is 5.02 Å². The third-order valence-corrected chi connectivity index (χ3v) is 8.33. The first kappa shape index (κ1) is 29.5. The van der Waals surface area contributed by atoms with Crippen molar-refractivity contribution in [2.75, 3.05) is 43.4 Å². The third kappa shape index (κ3) is 6.08. The van der Waals surface area contributed by atoms with Gasteiger partial charge in [0.05, 0.1) is 34.3 Å². The van der Waals surface area contributed by atoms with Crippen molar-refractivity contribution in [1.82, 2.24) is 35.2 Å². The number of fused-ring (bicyclic) bond motifs is 1. The molecule has 2 N–H and O–H groups in total. The van der Waals surface area contributed by atoms with Crippen molar-refractivity contribution in [2.24, 2.45) is 0 Å². The molecule has 44 heavy (non-hydrogen) atoms. The number of nitrogens with one attached hydrogen (secondary N) is 2. The minimum atomic E-state index is -0.689. The molecule has 3 aromatic heterocycles. The Morgan fingerprint density at radius 2 is 1.86 bits per heavy atom. The van der Waals surface area contributed by atoms with Crippen molar-refractivity contribution in [3.8, 4) is 11.3 Å². The average Bonchev–Trinajstić information content (AvgIpc) is 3.59. The zero-order valence-electron chi connectivity index (χ0n) is 25.0. The Bertz CT molecular complexity index is 1700. The van der Waals surface area contributed by atoms with Crippen LogP contribution in [0.4, 0.5) is 17.7 Å². The number of aryl methyl sites for hydroxylation is 1. The van der Waals surface area contributed by atoms with Crippen molar-refractivity contribution in [1.29, 1.82) is 0 Å². The van der Waals surface area contributed by atoms with Gasteiger partial charge in [-0.3, -0.25) is 14.9 Å². The SMILES string of the molecule is Cc1cc(Nc2ncc(Cl)c(-c3ccc4c(c3)C(=O)N([C@H](C)C(=O)N[C@H](C)c3cccc(N5CCN(C)CC5)n3)C4)n2)on1. The molecule has 0 radical (unpaired) electrons. The summed E-state index contributed by atoms with van der Waals surface area (Å²) in [5.41, 5.74) is 3.94. The zero-order valence-corrected chi connectivity index (χ0v) is 25.8. The number of pyridine rings is 1. The molecular formula is C31H34ClN9O3. The standard InChI is InChI=1S/C31H34ClN9O3/c1-18-14-27(44-38-18)36-31-33-16-24(32)28(37-31)21-8-9-22-17-41(30(43)23(22)15-21)20(3)29(42)34-19(2)25-6-5-7-26(35-25)40-12-10-39(4)11-13-40/h5-9,14-16,19-20H,10-13,17H2,1-4H3,(H,34,42)(H,33,36,37)/t19-,20-/m1/s1. The molecule has 2 amide bonds. The number of anilines is 3. The van der Waals surface area contributed by atoms with Gasteiger partial charge < -0.3 is 24.5 Å². The van der Waals surface area contributed by atoms with E-state index >= 15 is 0 Å². The molecule has 6 rings (SSSR count). The second-order valence-electron chi connectivity index (χ2n) is 11.3. The lowest BCUT2D eigenvalue weighted by Crippen LogP contribution is -2.46. The molecular weight excluding hydrogens is 582 g/mol. The van der Waals surface area contributed by atoms with Crippen LogP contribution < -0.4 is 15.5 Å². The fraction of sp³-hybridized carbons (Fsp3) is 0.355. The Hall–Kier alpha value is -4.55. The summed E-state index contributed by atoms with van der Waals surface area (Å²) < 4.78 is 5.19. The Kier molecular flexibility index (Phi) is 8.19. The highest BCUT2D eigenvalue weighted by Crippen LogP contribution is 2.33. The Morgan fingerprint density at radius 1 is 1.07 bits per heavy atom. The number of carbonyl (C=O) groups is 2. The van der Waals surface area contributed by atoms with Gasteiger partial charge in [0.25, 0.3) is 5.91 Å². The summed E-state index contributed by atoms with van der Waals surface area (Å²) in [6.45, 7) is 9.57. The molecule has 1 saturated heterocycles. The van der Waals surface area contributed by atoms with E-state index in [1.165, 1.54) is 6.20 Å². The van der Waals surface area contributed by atoms with Crippen LogP contribution in [0.15, 0.2) is 53.2 Å². The maximum atomic E-state index is 13.5. The van der Waals surface area contributed by atoms with Gasteiger partial charge in [-0.2, -0.15) is 0 Å². The summed E-state index contributed by atoms with van der Waals surface area (Å²) >= 11 is 6.46. The lowest BCUT2D eigenvalue weighted by atomic mass is 10.0. The molecule has 1 aromatic carbocycles. The maximum absolute atomic E-state index is 13.5. The van der Waals surface area contributed by atoms with E-state index in [0.717, 1.165) is 43.3 Å². The van der Waals surface area contributed by atoms with E-state index in [4.69, 9.17) is 21.1 Å². The van der Waals surface area contributed by atoms with Gasteiger partial charge in [0.15, 0.2) is 0 Å². The monoisotopic (exact) mass is 615 g/mol. The summed E-state index contributed by atoms with van der Waals surface area (Å²) in [5.74, 6) is 1.11. The van der Waals surface area contributed by atoms with Crippen molar-refractivity contribution >= 4 is 41.1 Å². The Labute approximate surface area is 260 Å². The van der Waals surface area contributed by atoms with E-state index < -0.39 is 6.04 Å². The number of aromatic nitrogens is 4. The van der Waals surface area contributed by atoms with Gasteiger partial charge in [-0.15, -0.1) is 0 Å². The highest BCUT2D eigenvalue weighted by atomic mass is 35.5. The van der Waals surface area contributed by atoms with E-state index in [2.05, 4.69) is 42.6 Å². The van der Waals surface area contributed by atoms with Crippen LogP contribution in [0, 0.1) is 6.92 Å². The van der Waals surface area contributed by atoms with Gasteiger partial charge in [-0.1, -0.05) is 35.0 Å². The molecule has 4 aromatic rings. The molecule has 0 bridgehead atoms. The number of nitrogens with zero attached hydrogens (tertiary/aromatic N) is 7. The quantitative estimate of drug-likeness (QED) is 0.297. The van der Waals surface area contributed by atoms with Crippen molar-refractivity contribution < 1.29 is 14.1 Å². The molecule has 1 fully saturated rings. The van der Waals surface area contributed by atoms with Gasteiger partial charge in [-0.25, -0.2) is 15.0 Å². The second kappa shape index (κ2) is 12.2. The Morgan fingerprint density at radius 3 is 2.61 bits per heavy atom. The van der Waals surface area contributed by atoms with Crippen LogP contribution in [0.5, 0.6) is 0 Å². The van der Waals surface area contributed by atoms with Gasteiger partial charge in [0.2, 0.25) is 17.7 Å². The number of rotatable bonds is 8. The van der Waals surface area contributed by atoms with Crippen LogP contribution in [-0.4, -0.2) is 81.0 Å². The second-order valence-corrected chi connectivity index (χ2v) is 11.7. The largest absolute Gasteiger partial charge is 0.354 e. The van der Waals surface area contributed by atoms with Crippen LogP contribution in [0.3, 0.4) is 0 Å². The number of carbonyl (C=O) groups excluding carboxylic acids is 2. The van der Waals surface area contributed by atoms with E-state index in [9.17, 15) is 9.59 Å². The Balaban J connectivity index is 1.13. The van der Waals surface area contributed by atoms with E-state index in [-0.39, 0.29) is 23.8 Å². The van der Waals surface area contributed by atoms with Crippen LogP contribution in [0.25, 0.3) is 11.3 Å². The highest BCUT2D eigenvalue weighted by Gasteiger charge is 2.35. The predicted octanol–water partition coefficient (Wildman–Crippen LogP) is 4.21. The fourth-order valence-corrected chi connectivity index (χ4v) is 5.59. The lowest BCUT2D eigenvalue weighted by molar-refractivity contribution is -0.125. The molecule has 228 valence electrons. The van der Waals surface area contributed by atoms with E-state index in [1.54, 1.807) is 24.0 Å². The first-order valence-corrected chi connectivity index (χ1v) is 14.9. The first-order chi connectivity index (χ1) is 21.2. The topological polar surface area (TPSA) is 133 Å². The highest BCUT2D eigenvalue weighted by molar-refractivity contribution is 6.33. The van der Waals surface area contributed by atoms with Gasteiger partial charge in [0.1, 0.15) is 11.9 Å². The van der Waals surface area contributed by atoms with E-state index in [0.29, 0.717) is 40.0 Å². The molecule has 2 atom stereocenters. The van der Waals surface area contributed by atoms with Crippen molar-refractivity contribution in [2.45, 2.75) is 39.4 Å². The summed E-state index contributed by atoms with van der Waals surface area (Å²) in [5, 5.41) is 10.2. The molecule has 0 unspecified atom stereocenters. The van der Waals surface area contributed by atoms with Crippen molar-refractivity contribution in [3.63, 3.8) is 0 Å². The fourth-order valence-electron chi connectivity index (χ4n) is 5.39. The summed E-state index contributed by atoms with van der Waals surface area (Å²) in [6.07, 6.45) is 1.49. The maximum Gasteiger partial charge on any atom is 0.255 e. The number of piperazine rings is 1. The molecule has 5 heterocycles. The zero-order chi connectivity index (χ0) is 31.0. The molecule has 0 saturated carbocycles. The number of benzene rings is 1. The molecule has 2 aliphatic heterocycles. The average molecular weight is 616 g/mol. The number of hydrogen-bond donors (Lipinski definition) is 2. The third-order valence-electron chi connectivity index (χ3n) is 8.05. The number of likely N-dealkylation sites (N-methyl/N-ethyl adjacent to an activating group) is 1. The molecule has 0 aliphatic carbocycles. The minimum Gasteiger partial charge on any atom is -0.354 e. The minimum absolute atomic E-state index is 0.229. The van der Waals surface area contributed by atoms with Crippen LogP contribution >= 0.6 is 11.6 Å². The van der Waals surface area contributed by atoms with Gasteiger partial charge in [-0.05, 0) is 51.6 Å². The summed E-state index contributed by atoms with van der Waals surface area (Å²) in [7, 11) is 2.12. The number of halogens is 1. The molecule has 0 spiro atoms. The van der Waals surface area contributed by atoms with Crippen LogP contribution in [0.1, 0.15) is 47.2 Å². The van der Waals surface area contributed by atoms with Crippen LogP contribution in [-0.2, 0) is 11.3 Å². The number of amides is 2. The molecule has 13 heteroatoms. The van der Waals surface area contributed by atoms with Gasteiger partial charge >= 0.3 is 0 Å². The molecule has 12 nitrogen and oxygen atoms in total. The lowest BCUT2D eigenvalue weighted by Gasteiger charge is -2.33. The summed E-state index contributed by atoms with van der Waals surface area (Å²) in [4.78, 5) is 46.6. The van der Waals surface area contributed by atoms with E-state index in [1.807, 2.05) is 44.2 Å².